The largest absolute Gasteiger partial charge is 0.481 e. The number of nitrogens with one attached hydrogen (secondary N) is 1. The first-order chi connectivity index (χ1) is 9.63. The average molecular weight is 288 g/mol. The van der Waals surface area contributed by atoms with Crippen LogP contribution in [0.4, 0.5) is 5.69 Å². The third-order valence-corrected chi connectivity index (χ3v) is 1.36. The smallest absolute Gasteiger partial charge is 0.221 e. The molecule has 1 amide bonds. The minimum Gasteiger partial charge on any atom is -0.481 e. The number of methoxy groups -OCH3 is 1. The van der Waals surface area contributed by atoms with Crippen molar-refractivity contribution >= 4 is 11.6 Å². The van der Waals surface area contributed by atoms with Gasteiger partial charge in [0.25, 0.3) is 0 Å². The van der Waals surface area contributed by atoms with Crippen molar-refractivity contribution in [2.45, 2.75) is 34.6 Å². The fourth-order valence-electron chi connectivity index (χ4n) is 0.802. The number of hydrogen-bond donors (Lipinski definition) is 3. The lowest BCUT2D eigenvalue weighted by atomic mass is 10.4. The molecule has 0 aromatic carbocycles. The molecule has 0 spiro atoms. The highest BCUT2D eigenvalue weighted by atomic mass is 16.5. The number of hydrogen-bond acceptors (Lipinski definition) is 5. The van der Waals surface area contributed by atoms with Crippen molar-refractivity contribution in [1.29, 1.82) is 0 Å². The zero-order chi connectivity index (χ0) is 16.4. The Morgan fingerprint density at radius 3 is 2.10 bits per heavy atom. The fraction of sp³-hybridized carbons (Fsp3) is 0.571. The number of nitrogens with zero attached hydrogens (tertiary/aromatic N) is 1. The number of anilines is 1. The van der Waals surface area contributed by atoms with Gasteiger partial charge in [0.1, 0.15) is 0 Å². The zero-order valence-electron chi connectivity index (χ0n) is 13.3. The molecule has 1 rings (SSSR count). The molecule has 20 heavy (non-hydrogen) atoms. The van der Waals surface area contributed by atoms with Crippen molar-refractivity contribution in [1.82, 2.24) is 4.98 Å². The highest BCUT2D eigenvalue weighted by Crippen LogP contribution is 2.12. The summed E-state index contributed by atoms with van der Waals surface area (Å²) in [6.45, 7) is 9.20. The summed E-state index contributed by atoms with van der Waals surface area (Å²) in [7, 11) is 1.53. The highest BCUT2D eigenvalue weighted by molar-refractivity contribution is 5.88. The van der Waals surface area contributed by atoms with Crippen LogP contribution >= 0.6 is 0 Å². The summed E-state index contributed by atoms with van der Waals surface area (Å²) >= 11 is 0. The second kappa shape index (κ2) is 19.7. The van der Waals surface area contributed by atoms with Gasteiger partial charge >= 0.3 is 0 Å². The topological polar surface area (TPSA) is 91.7 Å². The summed E-state index contributed by atoms with van der Waals surface area (Å²) in [5, 5.41) is 17.9. The van der Waals surface area contributed by atoms with Gasteiger partial charge in [-0.3, -0.25) is 4.79 Å². The Labute approximate surface area is 121 Å². The maximum Gasteiger partial charge on any atom is 0.221 e. The number of ether oxygens (including phenoxy) is 1. The van der Waals surface area contributed by atoms with Crippen LogP contribution in [0.15, 0.2) is 18.3 Å². The lowest BCUT2D eigenvalue weighted by molar-refractivity contribution is -0.114. The van der Waals surface area contributed by atoms with Crippen LogP contribution in [0.1, 0.15) is 34.6 Å². The molecule has 0 bridgehead atoms. The number of carbonyl (C=O) groups is 1. The first-order valence-corrected chi connectivity index (χ1v) is 6.63. The lowest BCUT2D eigenvalue weighted by Gasteiger charge is -2.02. The predicted molar refractivity (Wildman–Crippen MR) is 82.0 cm³/mol. The lowest BCUT2D eigenvalue weighted by Crippen LogP contribution is -2.05. The third-order valence-electron chi connectivity index (χ3n) is 1.36. The van der Waals surface area contributed by atoms with Crippen LogP contribution in [-0.4, -0.2) is 41.4 Å². The molecule has 0 radical (unpaired) electrons. The molecule has 118 valence electrons. The number of carbonyl (C=O) groups excluding carboxylic acids is 1. The molecule has 0 atom stereocenters. The van der Waals surface area contributed by atoms with Gasteiger partial charge in [-0.1, -0.05) is 27.7 Å². The van der Waals surface area contributed by atoms with E-state index in [2.05, 4.69) is 10.3 Å². The zero-order valence-corrected chi connectivity index (χ0v) is 13.3. The second-order valence-electron chi connectivity index (χ2n) is 2.72. The molecule has 0 aliphatic carbocycles. The van der Waals surface area contributed by atoms with E-state index in [4.69, 9.17) is 14.9 Å². The SMILES string of the molecule is CC.CC.COc1cc(NC(C)=O)ccn1.OCCO. The third kappa shape index (κ3) is 16.3. The van der Waals surface area contributed by atoms with E-state index < -0.39 is 0 Å². The molecule has 1 aromatic rings. The summed E-state index contributed by atoms with van der Waals surface area (Å²) in [6.07, 6.45) is 1.57. The Morgan fingerprint density at radius 2 is 1.75 bits per heavy atom. The molecule has 0 saturated carbocycles. The Bertz CT molecular complexity index is 318. The molecule has 6 heteroatoms. The van der Waals surface area contributed by atoms with Gasteiger partial charge in [-0.05, 0) is 6.07 Å². The standard InChI is InChI=1S/C8H10N2O2.C2H6O2.2C2H6/c1-6(11)10-7-3-4-9-8(5-7)12-2;3-1-2-4;2*1-2/h3-5H,1-2H3,(H,9,10,11);3-4H,1-2H2;2*1-2H3. The monoisotopic (exact) mass is 288 g/mol. The van der Waals surface area contributed by atoms with E-state index >= 15 is 0 Å². The number of aromatic nitrogens is 1. The van der Waals surface area contributed by atoms with Gasteiger partial charge in [0.15, 0.2) is 0 Å². The van der Waals surface area contributed by atoms with Gasteiger partial charge in [0.2, 0.25) is 11.8 Å². The molecule has 1 heterocycles. The first kappa shape index (κ1) is 23.4. The van der Waals surface area contributed by atoms with Crippen LogP contribution in [0.3, 0.4) is 0 Å². The van der Waals surface area contributed by atoms with E-state index in [1.54, 1.807) is 18.3 Å². The van der Waals surface area contributed by atoms with E-state index in [1.165, 1.54) is 14.0 Å². The van der Waals surface area contributed by atoms with Gasteiger partial charge in [-0.2, -0.15) is 0 Å². The summed E-state index contributed by atoms with van der Waals surface area (Å²) in [4.78, 5) is 14.5. The fourth-order valence-corrected chi connectivity index (χ4v) is 0.802. The molecule has 0 fully saturated rings. The van der Waals surface area contributed by atoms with Gasteiger partial charge < -0.3 is 20.3 Å². The van der Waals surface area contributed by atoms with Crippen molar-refractivity contribution in [2.24, 2.45) is 0 Å². The van der Waals surface area contributed by atoms with E-state index in [0.29, 0.717) is 11.6 Å². The number of aliphatic hydroxyl groups is 2. The minimum absolute atomic E-state index is 0.108. The summed E-state index contributed by atoms with van der Waals surface area (Å²) < 4.78 is 4.87. The maximum absolute atomic E-state index is 10.6. The molecule has 1 aromatic heterocycles. The molecule has 0 aliphatic heterocycles. The average Bonchev–Trinajstić information content (AvgIpc) is 2.51. The predicted octanol–water partition coefficient (Wildman–Crippen LogP) is 2.07. The summed E-state index contributed by atoms with van der Waals surface area (Å²) in [5.41, 5.74) is 0.689. The maximum atomic E-state index is 10.6. The van der Waals surface area contributed by atoms with Crippen LogP contribution in [0.2, 0.25) is 0 Å². The number of rotatable bonds is 3. The number of pyridine rings is 1. The van der Waals surface area contributed by atoms with Crippen LogP contribution in [0.5, 0.6) is 5.88 Å². The van der Waals surface area contributed by atoms with Crippen LogP contribution in [0, 0.1) is 0 Å². The number of amides is 1. The van der Waals surface area contributed by atoms with Crippen molar-refractivity contribution in [3.63, 3.8) is 0 Å². The number of aliphatic hydroxyl groups excluding tert-OH is 2. The normalized spacial score (nSPS) is 7.60. The van der Waals surface area contributed by atoms with Gasteiger partial charge in [0, 0.05) is 24.9 Å². The molecule has 0 saturated heterocycles. The Kier molecular flexibility index (Phi) is 23.1. The van der Waals surface area contributed by atoms with Crippen molar-refractivity contribution in [3.8, 4) is 5.88 Å². The van der Waals surface area contributed by atoms with Gasteiger partial charge in [-0.25, -0.2) is 4.98 Å². The van der Waals surface area contributed by atoms with E-state index in [9.17, 15) is 4.79 Å². The molecular weight excluding hydrogens is 260 g/mol. The van der Waals surface area contributed by atoms with E-state index in [1.807, 2.05) is 27.7 Å². The highest BCUT2D eigenvalue weighted by Gasteiger charge is 1.97. The molecule has 0 unspecified atom stereocenters. The molecular formula is C14H28N2O4. The Balaban J connectivity index is -0.000000306. The van der Waals surface area contributed by atoms with E-state index in [-0.39, 0.29) is 19.1 Å². The van der Waals surface area contributed by atoms with Crippen molar-refractivity contribution in [2.75, 3.05) is 25.6 Å². The van der Waals surface area contributed by atoms with Gasteiger partial charge in [-0.15, -0.1) is 0 Å². The summed E-state index contributed by atoms with van der Waals surface area (Å²) in [6, 6.07) is 3.35. The van der Waals surface area contributed by atoms with Crippen LogP contribution < -0.4 is 10.1 Å². The molecule has 6 nitrogen and oxygen atoms in total. The Hall–Kier alpha value is -1.66. The molecule has 0 aliphatic rings. The second-order valence-corrected chi connectivity index (χ2v) is 2.72. The van der Waals surface area contributed by atoms with Crippen molar-refractivity contribution < 1.29 is 19.7 Å². The Morgan fingerprint density at radius 1 is 1.25 bits per heavy atom. The van der Waals surface area contributed by atoms with Crippen LogP contribution in [0.25, 0.3) is 0 Å². The molecule has 3 N–H and O–H groups in total. The van der Waals surface area contributed by atoms with Crippen LogP contribution in [-0.2, 0) is 4.79 Å². The minimum atomic E-state index is -0.125. The first-order valence-electron chi connectivity index (χ1n) is 6.63. The quantitative estimate of drug-likeness (QED) is 0.792. The van der Waals surface area contributed by atoms with E-state index in [0.717, 1.165) is 0 Å². The van der Waals surface area contributed by atoms with Crippen molar-refractivity contribution in [3.05, 3.63) is 18.3 Å². The summed E-state index contributed by atoms with van der Waals surface area (Å²) in [5.74, 6) is 0.379. The van der Waals surface area contributed by atoms with Gasteiger partial charge in [0.05, 0.1) is 20.3 Å².